The van der Waals surface area contributed by atoms with Crippen molar-refractivity contribution >= 4 is 70.0 Å². The predicted molar refractivity (Wildman–Crippen MR) is 270 cm³/mol. The second-order valence-electron chi connectivity index (χ2n) is 21.2. The number of anilines is 2. The summed E-state index contributed by atoms with van der Waals surface area (Å²) < 4.78 is 16.5. The van der Waals surface area contributed by atoms with Gasteiger partial charge in [-0.15, -0.1) is 0 Å². The van der Waals surface area contributed by atoms with E-state index in [1.807, 2.05) is 18.2 Å². The van der Waals surface area contributed by atoms with Crippen molar-refractivity contribution < 1.29 is 33.2 Å². The van der Waals surface area contributed by atoms with Crippen LogP contribution in [0, 0.1) is 5.82 Å². The molecule has 14 nitrogen and oxygen atoms in total. The molecule has 6 N–H and O–H groups in total. The number of nitrogens with one attached hydrogen (secondary N) is 6. The van der Waals surface area contributed by atoms with Gasteiger partial charge < -0.3 is 31.1 Å². The molecule has 7 aliphatic rings. The molecule has 5 heterocycles. The lowest BCUT2D eigenvalue weighted by Crippen LogP contribution is -2.60. The smallest absolute Gasteiger partial charge is 0.255 e. The molecule has 5 fully saturated rings. The molecule has 6 amide bonds. The van der Waals surface area contributed by atoms with E-state index in [0.717, 1.165) is 102 Å². The summed E-state index contributed by atoms with van der Waals surface area (Å²) in [7, 11) is 0. The first-order valence-corrected chi connectivity index (χ1v) is 26.7. The first-order valence-electron chi connectivity index (χ1n) is 26.0. The van der Waals surface area contributed by atoms with E-state index in [1.165, 1.54) is 6.07 Å². The van der Waals surface area contributed by atoms with Gasteiger partial charge in [0.05, 0.1) is 11.1 Å². The number of rotatable bonds is 14. The number of amides is 6. The molecule has 0 bridgehead atoms. The molecule has 2 spiro atoms. The Morgan fingerprint density at radius 1 is 0.845 bits per heavy atom. The summed E-state index contributed by atoms with van der Waals surface area (Å²) in [6.07, 6.45) is 13.2. The van der Waals surface area contributed by atoms with Gasteiger partial charge in [-0.1, -0.05) is 86.0 Å². The van der Waals surface area contributed by atoms with Gasteiger partial charge in [0, 0.05) is 89.6 Å². The number of hydrogen-bond donors (Lipinski definition) is 6. The first-order chi connectivity index (χ1) is 34.3. The second kappa shape index (κ2) is 20.4. The zero-order valence-electron chi connectivity index (χ0n) is 40.2. The summed E-state index contributed by atoms with van der Waals surface area (Å²) in [6.45, 7) is 3.55. The number of benzene rings is 3. The Hall–Kier alpha value is -5.09. The maximum atomic E-state index is 16.5. The first kappa shape index (κ1) is 49.5. The third-order valence-corrected chi connectivity index (χ3v) is 17.6. The summed E-state index contributed by atoms with van der Waals surface area (Å²) >= 11 is 13.0. The van der Waals surface area contributed by atoms with Crippen LogP contribution in [0.4, 0.5) is 15.8 Å². The number of halogens is 3. The van der Waals surface area contributed by atoms with Crippen molar-refractivity contribution in [1.82, 2.24) is 31.1 Å². The summed E-state index contributed by atoms with van der Waals surface area (Å²) in [5, 5.41) is 20.0. The number of piperidine rings is 2. The number of nitrogens with zero attached hydrogens (tertiary/aromatic N) is 2. The Balaban J connectivity index is 0.730. The quantitative estimate of drug-likeness (QED) is 0.0700. The summed E-state index contributed by atoms with van der Waals surface area (Å²) in [5.74, 6) is -3.00. The van der Waals surface area contributed by atoms with Crippen LogP contribution in [0.25, 0.3) is 0 Å². The van der Waals surface area contributed by atoms with Crippen molar-refractivity contribution in [2.45, 2.75) is 163 Å². The molecule has 4 atom stereocenters. The van der Waals surface area contributed by atoms with E-state index in [9.17, 15) is 24.0 Å². The predicted octanol–water partition coefficient (Wildman–Crippen LogP) is 7.61. The van der Waals surface area contributed by atoms with Crippen LogP contribution < -0.4 is 31.9 Å². The molecular formula is C54H65Cl2FN8O6. The van der Waals surface area contributed by atoms with Gasteiger partial charge in [-0.25, -0.2) is 4.39 Å². The van der Waals surface area contributed by atoms with Gasteiger partial charge in [0.25, 0.3) is 5.91 Å². The lowest BCUT2D eigenvalue weighted by molar-refractivity contribution is -0.137. The minimum absolute atomic E-state index is 0.0172. The van der Waals surface area contributed by atoms with Gasteiger partial charge in [-0.05, 0) is 112 Å². The SMILES string of the molecule is O=C(CCCC1(NC(=O)[C@@H]2NC3(CCCCC3)[C@@]3(C(=O)Nc4cc(Cl)ccc43)[C@H]2c2cccc(Cl)c2F)CCCCC1)NCCCN1CCC(Nc2cccc3c2CN(C2CCC(=O)NC2=O)C3=O)CC1. The van der Waals surface area contributed by atoms with Crippen LogP contribution in [0.2, 0.25) is 10.0 Å². The molecule has 2 saturated carbocycles. The monoisotopic (exact) mass is 1010 g/mol. The van der Waals surface area contributed by atoms with E-state index in [1.54, 1.807) is 35.2 Å². The molecule has 3 aromatic rings. The maximum absolute atomic E-state index is 16.5. The number of likely N-dealkylation sites (tertiary alicyclic amines) is 1. The van der Waals surface area contributed by atoms with Crippen molar-refractivity contribution in [2.24, 2.45) is 0 Å². The van der Waals surface area contributed by atoms with E-state index in [0.29, 0.717) is 73.5 Å². The fraction of sp³-hybridized carbons (Fsp3) is 0.556. The molecular weight excluding hydrogens is 947 g/mol. The molecule has 17 heteroatoms. The second-order valence-corrected chi connectivity index (χ2v) is 22.1. The number of carbonyl (C=O) groups excluding carboxylic acids is 6. The van der Waals surface area contributed by atoms with Crippen LogP contribution in [0.5, 0.6) is 0 Å². The molecule has 3 saturated heterocycles. The van der Waals surface area contributed by atoms with Crippen molar-refractivity contribution in [2.75, 3.05) is 36.8 Å². The van der Waals surface area contributed by atoms with E-state index in [2.05, 4.69) is 36.8 Å². The standard InChI is InChI=1S/C54H65Cl2FN8O6/c55-33-16-17-38-41(31-33)60-51(71)54(38)45(36-12-7-13-39(56)46(36)57)47(62-53(54)25-5-2-6-26-53)49(69)63-52(22-3-1-4-23-52)24-9-15-43(66)58-27-10-28-64-29-20-34(21-30-64)59-40-14-8-11-35-37(40)32-65(50(35)70)42-18-19-44(67)61-48(42)68/h7-8,11-14,16-17,31,34,42,45,47,59,62H,1-6,9-10,15,18-30,32H2,(H,58,66)(H,60,71)(H,63,69)(H,61,67,68)/t42?,45-,47+,54+/m0/s1. The van der Waals surface area contributed by atoms with Crippen LogP contribution in [0.1, 0.15) is 149 Å². The molecule has 0 radical (unpaired) electrons. The molecule has 2 aliphatic carbocycles. The lowest BCUT2D eigenvalue weighted by Gasteiger charge is -2.47. The zero-order chi connectivity index (χ0) is 49.5. The molecule has 5 aliphatic heterocycles. The fourth-order valence-electron chi connectivity index (χ4n) is 13.7. The Kier molecular flexibility index (Phi) is 14.2. The van der Waals surface area contributed by atoms with Crippen LogP contribution in [0.15, 0.2) is 54.6 Å². The van der Waals surface area contributed by atoms with Gasteiger partial charge in [0.1, 0.15) is 17.3 Å². The average molecular weight is 1010 g/mol. The van der Waals surface area contributed by atoms with Gasteiger partial charge in [-0.2, -0.15) is 0 Å². The Morgan fingerprint density at radius 2 is 1.59 bits per heavy atom. The largest absolute Gasteiger partial charge is 0.382 e. The molecule has 0 aromatic heterocycles. The van der Waals surface area contributed by atoms with Crippen molar-refractivity contribution in [3.63, 3.8) is 0 Å². The van der Waals surface area contributed by atoms with Gasteiger partial charge >= 0.3 is 0 Å². The van der Waals surface area contributed by atoms with E-state index < -0.39 is 46.2 Å². The van der Waals surface area contributed by atoms with Gasteiger partial charge in [0.2, 0.25) is 29.5 Å². The number of hydrogen-bond acceptors (Lipinski definition) is 9. The fourth-order valence-corrected chi connectivity index (χ4v) is 14.0. The summed E-state index contributed by atoms with van der Waals surface area (Å²) in [4.78, 5) is 84.9. The van der Waals surface area contributed by atoms with E-state index in [-0.39, 0.29) is 52.6 Å². The van der Waals surface area contributed by atoms with Crippen molar-refractivity contribution in [3.05, 3.63) is 92.7 Å². The Labute approximate surface area is 424 Å². The molecule has 3 aromatic carbocycles. The number of imide groups is 1. The number of fused-ring (bicyclic) bond motifs is 4. The highest BCUT2D eigenvalue weighted by Crippen LogP contribution is 2.63. The number of carbonyl (C=O) groups is 6. The minimum atomic E-state index is -1.31. The zero-order valence-corrected chi connectivity index (χ0v) is 41.8. The average Bonchev–Trinajstić information content (AvgIpc) is 3.96. The van der Waals surface area contributed by atoms with Crippen LogP contribution in [-0.2, 0) is 35.9 Å². The van der Waals surface area contributed by atoms with Crippen LogP contribution in [0.3, 0.4) is 0 Å². The van der Waals surface area contributed by atoms with Crippen LogP contribution in [-0.4, -0.2) is 101 Å². The van der Waals surface area contributed by atoms with Gasteiger partial charge in [-0.3, -0.25) is 39.4 Å². The minimum Gasteiger partial charge on any atom is -0.382 e. The van der Waals surface area contributed by atoms with Crippen molar-refractivity contribution in [1.29, 1.82) is 0 Å². The molecule has 1 unspecified atom stereocenters. The van der Waals surface area contributed by atoms with Crippen LogP contribution >= 0.6 is 23.2 Å². The Bertz CT molecular complexity index is 2600. The third kappa shape index (κ3) is 9.33. The maximum Gasteiger partial charge on any atom is 0.255 e. The highest BCUT2D eigenvalue weighted by Gasteiger charge is 2.72. The van der Waals surface area contributed by atoms with Crippen molar-refractivity contribution in [3.8, 4) is 0 Å². The highest BCUT2D eigenvalue weighted by molar-refractivity contribution is 6.31. The molecule has 71 heavy (non-hydrogen) atoms. The van der Waals surface area contributed by atoms with Gasteiger partial charge in [0.15, 0.2) is 0 Å². The summed E-state index contributed by atoms with van der Waals surface area (Å²) in [6, 6.07) is 14.5. The highest BCUT2D eigenvalue weighted by atomic mass is 35.5. The molecule has 378 valence electrons. The van der Waals surface area contributed by atoms with E-state index >= 15 is 9.18 Å². The van der Waals surface area contributed by atoms with E-state index in [4.69, 9.17) is 23.2 Å². The Morgan fingerprint density at radius 3 is 2.35 bits per heavy atom. The third-order valence-electron chi connectivity index (χ3n) is 17.1. The molecule has 10 rings (SSSR count). The topological polar surface area (TPSA) is 181 Å². The summed E-state index contributed by atoms with van der Waals surface area (Å²) in [5.41, 5.74) is 1.22. The normalized spacial score (nSPS) is 26.0. The lowest BCUT2D eigenvalue weighted by atomic mass is 9.55.